The number of amides is 1. The van der Waals surface area contributed by atoms with Gasteiger partial charge in [-0.05, 0) is 42.3 Å². The number of carbonyl (C=O) groups excluding carboxylic acids is 1. The molecule has 6 heteroatoms. The first-order chi connectivity index (χ1) is 10.5. The maximum Gasteiger partial charge on any atom is 0.239 e. The average Bonchev–Trinajstić information content (AvgIpc) is 2.48. The Morgan fingerprint density at radius 3 is 2.41 bits per heavy atom. The third-order valence-electron chi connectivity index (χ3n) is 3.02. The van der Waals surface area contributed by atoms with E-state index in [0.29, 0.717) is 18.7 Å². The standard InChI is InChI=1S/C16H15ClF2N2O/c17-14-9-13(19)5-6-15(14)21-10-16(22)20-8-7-11-1-3-12(18)4-2-11/h1-6,9,21H,7-8,10H2,(H,20,22). The van der Waals surface area contributed by atoms with Crippen LogP contribution in [0.3, 0.4) is 0 Å². The van der Waals surface area contributed by atoms with Crippen LogP contribution in [0.2, 0.25) is 5.02 Å². The molecule has 0 aliphatic heterocycles. The number of benzene rings is 2. The Morgan fingerprint density at radius 2 is 1.73 bits per heavy atom. The van der Waals surface area contributed by atoms with Gasteiger partial charge in [-0.25, -0.2) is 8.78 Å². The molecule has 0 bridgehead atoms. The molecule has 0 aliphatic rings. The highest BCUT2D eigenvalue weighted by Gasteiger charge is 2.05. The minimum Gasteiger partial charge on any atom is -0.375 e. The van der Waals surface area contributed by atoms with E-state index in [1.54, 1.807) is 12.1 Å². The zero-order valence-electron chi connectivity index (χ0n) is 11.7. The van der Waals surface area contributed by atoms with Crippen LogP contribution in [-0.4, -0.2) is 19.0 Å². The van der Waals surface area contributed by atoms with Crippen LogP contribution in [0, 0.1) is 11.6 Å². The molecule has 2 rings (SSSR count). The molecule has 22 heavy (non-hydrogen) atoms. The van der Waals surface area contributed by atoms with Crippen LogP contribution >= 0.6 is 11.6 Å². The summed E-state index contributed by atoms with van der Waals surface area (Å²) in [5, 5.41) is 5.79. The summed E-state index contributed by atoms with van der Waals surface area (Å²) in [6.45, 7) is 0.484. The fourth-order valence-electron chi connectivity index (χ4n) is 1.87. The first-order valence-corrected chi connectivity index (χ1v) is 7.12. The largest absolute Gasteiger partial charge is 0.375 e. The summed E-state index contributed by atoms with van der Waals surface area (Å²) in [6.07, 6.45) is 0.614. The summed E-state index contributed by atoms with van der Waals surface area (Å²) in [4.78, 5) is 11.7. The Labute approximate surface area is 132 Å². The van der Waals surface area contributed by atoms with Crippen molar-refractivity contribution in [3.63, 3.8) is 0 Å². The van der Waals surface area contributed by atoms with Gasteiger partial charge in [-0.1, -0.05) is 23.7 Å². The lowest BCUT2D eigenvalue weighted by Crippen LogP contribution is -2.31. The molecule has 0 atom stereocenters. The highest BCUT2D eigenvalue weighted by molar-refractivity contribution is 6.33. The molecule has 0 unspecified atom stereocenters. The lowest BCUT2D eigenvalue weighted by molar-refractivity contribution is -0.119. The van der Waals surface area contributed by atoms with Crippen LogP contribution in [0.25, 0.3) is 0 Å². The highest BCUT2D eigenvalue weighted by atomic mass is 35.5. The molecule has 0 saturated heterocycles. The molecule has 0 saturated carbocycles. The van der Waals surface area contributed by atoms with Crippen molar-refractivity contribution in [2.24, 2.45) is 0 Å². The maximum atomic E-state index is 12.9. The van der Waals surface area contributed by atoms with E-state index in [1.807, 2.05) is 0 Å². The van der Waals surface area contributed by atoms with Crippen LogP contribution < -0.4 is 10.6 Å². The maximum absolute atomic E-state index is 12.9. The number of anilines is 1. The second-order valence-electron chi connectivity index (χ2n) is 4.70. The van der Waals surface area contributed by atoms with Crippen LogP contribution in [0.1, 0.15) is 5.56 Å². The summed E-state index contributed by atoms with van der Waals surface area (Å²) in [6, 6.07) is 10.0. The molecule has 0 aliphatic carbocycles. The zero-order chi connectivity index (χ0) is 15.9. The van der Waals surface area contributed by atoms with E-state index < -0.39 is 5.82 Å². The van der Waals surface area contributed by atoms with E-state index in [-0.39, 0.29) is 23.3 Å². The Hall–Kier alpha value is -2.14. The molecular formula is C16H15ClF2N2O. The van der Waals surface area contributed by atoms with Crippen LogP contribution in [0.5, 0.6) is 0 Å². The number of hydrogen-bond acceptors (Lipinski definition) is 2. The van der Waals surface area contributed by atoms with Gasteiger partial charge >= 0.3 is 0 Å². The SMILES string of the molecule is O=C(CNc1ccc(F)cc1Cl)NCCc1ccc(F)cc1. The van der Waals surface area contributed by atoms with Gasteiger partial charge in [0.15, 0.2) is 0 Å². The summed E-state index contributed by atoms with van der Waals surface area (Å²) >= 11 is 5.85. The first kappa shape index (κ1) is 16.2. The predicted molar refractivity (Wildman–Crippen MR) is 83.0 cm³/mol. The number of halogens is 3. The van der Waals surface area contributed by atoms with E-state index in [9.17, 15) is 13.6 Å². The third-order valence-corrected chi connectivity index (χ3v) is 3.33. The normalized spacial score (nSPS) is 10.3. The number of nitrogens with one attached hydrogen (secondary N) is 2. The van der Waals surface area contributed by atoms with Gasteiger partial charge in [-0.3, -0.25) is 4.79 Å². The lowest BCUT2D eigenvalue weighted by Gasteiger charge is -2.09. The predicted octanol–water partition coefficient (Wildman–Crippen LogP) is 3.39. The minimum atomic E-state index is -0.431. The first-order valence-electron chi connectivity index (χ1n) is 6.74. The molecule has 116 valence electrons. The molecule has 2 aromatic carbocycles. The van der Waals surface area contributed by atoms with Crippen molar-refractivity contribution in [3.8, 4) is 0 Å². The Morgan fingerprint density at radius 1 is 1.05 bits per heavy atom. The van der Waals surface area contributed by atoms with Crippen LogP contribution in [0.4, 0.5) is 14.5 Å². The van der Waals surface area contributed by atoms with Gasteiger partial charge in [0, 0.05) is 6.54 Å². The van der Waals surface area contributed by atoms with Crippen molar-refractivity contribution in [1.29, 1.82) is 0 Å². The molecule has 0 radical (unpaired) electrons. The summed E-state index contributed by atoms with van der Waals surface area (Å²) in [7, 11) is 0. The second kappa shape index (κ2) is 7.75. The molecular weight excluding hydrogens is 310 g/mol. The molecule has 3 nitrogen and oxygen atoms in total. The number of rotatable bonds is 6. The van der Waals surface area contributed by atoms with E-state index in [1.165, 1.54) is 30.3 Å². The third kappa shape index (κ3) is 5.00. The van der Waals surface area contributed by atoms with Gasteiger partial charge in [0.1, 0.15) is 11.6 Å². The Bertz CT molecular complexity index is 647. The van der Waals surface area contributed by atoms with Gasteiger partial charge in [-0.2, -0.15) is 0 Å². The van der Waals surface area contributed by atoms with Gasteiger partial charge in [-0.15, -0.1) is 0 Å². The molecule has 0 spiro atoms. The van der Waals surface area contributed by atoms with Crippen molar-refractivity contribution >= 4 is 23.2 Å². The van der Waals surface area contributed by atoms with Gasteiger partial charge in [0.2, 0.25) is 5.91 Å². The van der Waals surface area contributed by atoms with Crippen molar-refractivity contribution in [2.75, 3.05) is 18.4 Å². The zero-order valence-corrected chi connectivity index (χ0v) is 12.5. The van der Waals surface area contributed by atoms with Crippen molar-refractivity contribution in [2.45, 2.75) is 6.42 Å². The van der Waals surface area contributed by atoms with Gasteiger partial charge < -0.3 is 10.6 Å². The lowest BCUT2D eigenvalue weighted by atomic mass is 10.1. The fourth-order valence-corrected chi connectivity index (χ4v) is 2.10. The molecule has 2 N–H and O–H groups in total. The Balaban J connectivity index is 1.72. The van der Waals surface area contributed by atoms with E-state index in [0.717, 1.165) is 5.56 Å². The highest BCUT2D eigenvalue weighted by Crippen LogP contribution is 2.21. The Kier molecular flexibility index (Phi) is 5.72. The monoisotopic (exact) mass is 324 g/mol. The summed E-state index contributed by atoms with van der Waals surface area (Å²) < 4.78 is 25.6. The molecule has 2 aromatic rings. The van der Waals surface area contributed by atoms with Gasteiger partial charge in [0.25, 0.3) is 0 Å². The topological polar surface area (TPSA) is 41.1 Å². The molecule has 1 amide bonds. The molecule has 0 aromatic heterocycles. The van der Waals surface area contributed by atoms with Crippen molar-refractivity contribution < 1.29 is 13.6 Å². The minimum absolute atomic E-state index is 0.0365. The van der Waals surface area contributed by atoms with E-state index >= 15 is 0 Å². The van der Waals surface area contributed by atoms with Crippen molar-refractivity contribution in [1.82, 2.24) is 5.32 Å². The number of hydrogen-bond donors (Lipinski definition) is 2. The van der Waals surface area contributed by atoms with E-state index in [4.69, 9.17) is 11.6 Å². The summed E-state index contributed by atoms with van der Waals surface area (Å²) in [5.41, 5.74) is 1.44. The molecule has 0 heterocycles. The van der Waals surface area contributed by atoms with Gasteiger partial charge in [0.05, 0.1) is 17.3 Å². The van der Waals surface area contributed by atoms with E-state index in [2.05, 4.69) is 10.6 Å². The summed E-state index contributed by atoms with van der Waals surface area (Å²) in [5.74, 6) is -0.921. The smallest absolute Gasteiger partial charge is 0.239 e. The van der Waals surface area contributed by atoms with Crippen molar-refractivity contribution in [3.05, 3.63) is 64.7 Å². The fraction of sp³-hybridized carbons (Fsp3) is 0.188. The second-order valence-corrected chi connectivity index (χ2v) is 5.11. The van der Waals surface area contributed by atoms with Crippen LogP contribution in [-0.2, 0) is 11.2 Å². The number of carbonyl (C=O) groups is 1. The quantitative estimate of drug-likeness (QED) is 0.855. The molecule has 0 fully saturated rings. The average molecular weight is 325 g/mol. The van der Waals surface area contributed by atoms with Crippen LogP contribution in [0.15, 0.2) is 42.5 Å².